The van der Waals surface area contributed by atoms with Crippen molar-refractivity contribution in [2.75, 3.05) is 38.4 Å². The van der Waals surface area contributed by atoms with Gasteiger partial charge in [-0.2, -0.15) is 0 Å². The van der Waals surface area contributed by atoms with Gasteiger partial charge in [-0.05, 0) is 66.8 Å². The first-order valence-electron chi connectivity index (χ1n) is 16.2. The maximum atomic E-state index is 13.8. The number of aliphatic hydroxyl groups is 1. The number of anilines is 1. The lowest BCUT2D eigenvalue weighted by molar-refractivity contribution is -0.133. The van der Waals surface area contributed by atoms with Crippen LogP contribution in [0, 0.1) is 0 Å². The summed E-state index contributed by atoms with van der Waals surface area (Å²) in [4.78, 5) is 42.5. The molecule has 3 aliphatic rings. The van der Waals surface area contributed by atoms with Gasteiger partial charge in [0, 0.05) is 43.6 Å². The number of amides is 4. The molecule has 4 N–H and O–H groups in total. The van der Waals surface area contributed by atoms with Crippen molar-refractivity contribution in [3.8, 4) is 22.6 Å². The second-order valence-electron chi connectivity index (χ2n) is 12.6. The smallest absolute Gasteiger partial charge is 0.322 e. The van der Waals surface area contributed by atoms with Crippen molar-refractivity contribution in [2.45, 2.75) is 61.0 Å². The third-order valence-corrected chi connectivity index (χ3v) is 10.2. The molecule has 3 heterocycles. The summed E-state index contributed by atoms with van der Waals surface area (Å²) in [5, 5.41) is 19.3. The largest absolute Gasteiger partial charge is 0.497 e. The summed E-state index contributed by atoms with van der Waals surface area (Å²) >= 11 is 0. The van der Waals surface area contributed by atoms with E-state index in [4.69, 9.17) is 14.2 Å². The Labute approximate surface area is 284 Å². The predicted octanol–water partition coefficient (Wildman–Crippen LogP) is 2.98. The molecule has 13 nitrogen and oxygen atoms in total. The van der Waals surface area contributed by atoms with Crippen molar-refractivity contribution in [3.63, 3.8) is 0 Å². The molecule has 3 aromatic rings. The van der Waals surface area contributed by atoms with Gasteiger partial charge in [0.25, 0.3) is 5.91 Å². The second kappa shape index (κ2) is 14.4. The van der Waals surface area contributed by atoms with Crippen molar-refractivity contribution in [1.82, 2.24) is 15.5 Å². The molecule has 0 aliphatic carbocycles. The lowest BCUT2D eigenvalue weighted by Crippen LogP contribution is -2.51. The summed E-state index contributed by atoms with van der Waals surface area (Å²) in [6, 6.07) is 16.4. The monoisotopic (exact) mass is 692 g/mol. The molecule has 6 rings (SSSR count). The minimum atomic E-state index is -3.37. The Morgan fingerprint density at radius 2 is 1.80 bits per heavy atom. The normalized spacial score (nSPS) is 24.6. The fraction of sp³-hybridized carbons (Fsp3) is 0.400. The topological polar surface area (TPSA) is 173 Å². The molecule has 260 valence electrons. The minimum Gasteiger partial charge on any atom is -0.497 e. The number of carbonyl (C=O) groups is 3. The summed E-state index contributed by atoms with van der Waals surface area (Å²) in [7, 11) is -1.85. The highest BCUT2D eigenvalue weighted by atomic mass is 32.2. The van der Waals surface area contributed by atoms with Crippen LogP contribution >= 0.6 is 0 Å². The number of carbonyl (C=O) groups excluding carboxylic acids is 3. The predicted molar refractivity (Wildman–Crippen MR) is 180 cm³/mol. The van der Waals surface area contributed by atoms with Crippen LogP contribution in [0.5, 0.6) is 11.5 Å². The molecular formula is C35H40N4O9S. The van der Waals surface area contributed by atoms with Gasteiger partial charge >= 0.3 is 6.03 Å². The second-order valence-corrected chi connectivity index (χ2v) is 14.6. The number of rotatable bonds is 4. The molecule has 0 radical (unpaired) electrons. The van der Waals surface area contributed by atoms with E-state index < -0.39 is 52.0 Å². The Balaban J connectivity index is 1.29. The zero-order valence-corrected chi connectivity index (χ0v) is 28.1. The minimum absolute atomic E-state index is 0.0561. The van der Waals surface area contributed by atoms with E-state index in [1.165, 1.54) is 24.1 Å². The molecular weight excluding hydrogens is 652 g/mol. The van der Waals surface area contributed by atoms with Crippen LogP contribution in [-0.4, -0.2) is 99.7 Å². The first-order chi connectivity index (χ1) is 23.5. The summed E-state index contributed by atoms with van der Waals surface area (Å²) in [6.45, 7) is 0.339. The molecule has 0 saturated carbocycles. The first kappa shape index (κ1) is 34.2. The van der Waals surface area contributed by atoms with E-state index in [-0.39, 0.29) is 42.7 Å². The van der Waals surface area contributed by atoms with E-state index in [0.29, 0.717) is 36.4 Å². The number of hydrogen-bond acceptors (Lipinski definition) is 9. The molecule has 4 amide bonds. The number of likely N-dealkylation sites (tertiary alicyclic amines) is 1. The van der Waals surface area contributed by atoms with Gasteiger partial charge in [-0.25, -0.2) is 13.2 Å². The highest BCUT2D eigenvalue weighted by Gasteiger charge is 2.41. The van der Waals surface area contributed by atoms with Crippen molar-refractivity contribution < 1.29 is 42.1 Å². The molecule has 2 saturated heterocycles. The molecule has 0 spiro atoms. The van der Waals surface area contributed by atoms with Gasteiger partial charge in [0.05, 0.1) is 36.4 Å². The fourth-order valence-electron chi connectivity index (χ4n) is 6.44. The van der Waals surface area contributed by atoms with E-state index in [0.717, 1.165) is 17.4 Å². The number of aliphatic hydroxyl groups excluding tert-OH is 1. The Morgan fingerprint density at radius 3 is 2.55 bits per heavy atom. The van der Waals surface area contributed by atoms with Crippen molar-refractivity contribution >= 4 is 33.4 Å². The summed E-state index contributed by atoms with van der Waals surface area (Å²) in [6.07, 6.45) is 1.21. The highest BCUT2D eigenvalue weighted by molar-refractivity contribution is 7.90. The van der Waals surface area contributed by atoms with Crippen LogP contribution in [0.2, 0.25) is 0 Å². The summed E-state index contributed by atoms with van der Waals surface area (Å²) in [5.41, 5.74) is 2.20. The summed E-state index contributed by atoms with van der Waals surface area (Å²) < 4.78 is 41.6. The van der Waals surface area contributed by atoms with Gasteiger partial charge in [-0.3, -0.25) is 9.59 Å². The third kappa shape index (κ3) is 7.98. The molecule has 2 fully saturated rings. The van der Waals surface area contributed by atoms with E-state index >= 15 is 0 Å². The van der Waals surface area contributed by atoms with Gasteiger partial charge < -0.3 is 40.2 Å². The van der Waals surface area contributed by atoms with E-state index in [2.05, 4.69) is 16.0 Å². The zero-order valence-electron chi connectivity index (χ0n) is 27.3. The van der Waals surface area contributed by atoms with Crippen molar-refractivity contribution in [1.29, 1.82) is 0 Å². The van der Waals surface area contributed by atoms with Crippen molar-refractivity contribution in [3.05, 3.63) is 72.3 Å². The SMILES string of the molecule is COc1cccc(NC(=O)N2C[C@@H]3C[C@H]2C(=O)NC[C@H]2O[C@H](CCOc4cc(-c5ccc(S(C)(=O)=O)cc5)ccc4C(=O)N3)CC[C@@H]2O)c1. The van der Waals surface area contributed by atoms with Gasteiger partial charge in [-0.1, -0.05) is 24.3 Å². The number of benzene rings is 3. The molecule has 5 atom stereocenters. The van der Waals surface area contributed by atoms with Crippen LogP contribution < -0.4 is 25.4 Å². The van der Waals surface area contributed by atoms with Crippen LogP contribution in [0.3, 0.4) is 0 Å². The number of urea groups is 1. The maximum absolute atomic E-state index is 13.8. The fourth-order valence-corrected chi connectivity index (χ4v) is 7.07. The number of fused-ring (bicyclic) bond motifs is 5. The van der Waals surface area contributed by atoms with Crippen LogP contribution in [0.15, 0.2) is 71.6 Å². The number of ether oxygens (including phenoxy) is 3. The Morgan fingerprint density at radius 1 is 1.02 bits per heavy atom. The number of nitrogens with zero attached hydrogens (tertiary/aromatic N) is 1. The zero-order chi connectivity index (χ0) is 34.7. The molecule has 3 aliphatic heterocycles. The molecule has 14 heteroatoms. The van der Waals surface area contributed by atoms with Crippen LogP contribution in [-0.2, 0) is 19.4 Å². The molecule has 3 aromatic carbocycles. The van der Waals surface area contributed by atoms with E-state index in [1.807, 2.05) is 0 Å². The third-order valence-electron chi connectivity index (χ3n) is 9.12. The molecule has 49 heavy (non-hydrogen) atoms. The van der Waals surface area contributed by atoms with E-state index in [1.54, 1.807) is 54.6 Å². The average Bonchev–Trinajstić information content (AvgIpc) is 3.51. The van der Waals surface area contributed by atoms with Crippen LogP contribution in [0.25, 0.3) is 11.1 Å². The Bertz CT molecular complexity index is 1820. The van der Waals surface area contributed by atoms with Gasteiger partial charge in [0.1, 0.15) is 23.6 Å². The molecule has 0 aromatic heterocycles. The standard InChI is InChI=1S/C35H40N4O9S/c1-46-26-5-3-4-23(17-26)38-35(43)39-20-24-18-29(39)34(42)36-19-32-30(40)13-9-25(48-32)14-15-47-31-16-22(8-12-28(31)33(41)37-24)21-6-10-27(11-7-21)49(2,44)45/h3-8,10-12,16-17,24-25,29-30,32,40H,9,13-15,18-20H2,1-2H3,(H,36,42)(H,37,41)(H,38,43)/t24-,25-,29-,30-,32+/m0/s1. The lowest BCUT2D eigenvalue weighted by Gasteiger charge is -2.34. The quantitative estimate of drug-likeness (QED) is 0.321. The Kier molecular flexibility index (Phi) is 10.1. The van der Waals surface area contributed by atoms with Gasteiger partial charge in [0.15, 0.2) is 9.84 Å². The number of sulfone groups is 1. The van der Waals surface area contributed by atoms with Crippen LogP contribution in [0.4, 0.5) is 10.5 Å². The lowest BCUT2D eigenvalue weighted by atomic mass is 9.99. The van der Waals surface area contributed by atoms with Crippen LogP contribution in [0.1, 0.15) is 36.0 Å². The van der Waals surface area contributed by atoms with Gasteiger partial charge in [0.2, 0.25) is 5.91 Å². The number of methoxy groups -OCH3 is 1. The maximum Gasteiger partial charge on any atom is 0.322 e. The highest BCUT2D eigenvalue weighted by Crippen LogP contribution is 2.31. The van der Waals surface area contributed by atoms with Crippen molar-refractivity contribution in [2.24, 2.45) is 0 Å². The van der Waals surface area contributed by atoms with E-state index in [9.17, 15) is 27.9 Å². The van der Waals surface area contributed by atoms with Gasteiger partial charge in [-0.15, -0.1) is 0 Å². The summed E-state index contributed by atoms with van der Waals surface area (Å²) in [5.74, 6) is 0.0205. The Hall–Kier alpha value is -4.66. The number of hydrogen-bond donors (Lipinski definition) is 4. The number of nitrogens with one attached hydrogen (secondary N) is 3. The molecule has 4 bridgehead atoms. The first-order valence-corrected chi connectivity index (χ1v) is 18.1. The molecule has 0 unspecified atom stereocenters. The average molecular weight is 693 g/mol.